The van der Waals surface area contributed by atoms with E-state index < -0.39 is 0 Å². The predicted octanol–water partition coefficient (Wildman–Crippen LogP) is 16.2. The highest BCUT2D eigenvalue weighted by Gasteiger charge is 2.17. The molecule has 0 atom stereocenters. The van der Waals surface area contributed by atoms with Gasteiger partial charge in [-0.05, 0) is 115 Å². The Hall–Kier alpha value is -6.78. The van der Waals surface area contributed by atoms with Gasteiger partial charge < -0.3 is 4.98 Å². The second-order valence-corrected chi connectivity index (χ2v) is 17.5. The molecule has 1 aliphatic rings. The molecule has 0 unspecified atom stereocenters. The maximum atomic E-state index is 3.63. The number of thiophene rings is 2. The molecule has 58 heavy (non-hydrogen) atoms. The lowest BCUT2D eigenvalue weighted by atomic mass is 9.98. The van der Waals surface area contributed by atoms with E-state index in [1.165, 1.54) is 107 Å². The minimum Gasteiger partial charge on any atom is -0.355 e. The van der Waals surface area contributed by atoms with Gasteiger partial charge in [-0.2, -0.15) is 0 Å². The molecule has 272 valence electrons. The smallest absolute Gasteiger partial charge is 0.0542 e. The monoisotopic (exact) mass is 773 g/mol. The topological polar surface area (TPSA) is 15.8 Å². The minimum absolute atomic E-state index is 0.978. The van der Waals surface area contributed by atoms with Crippen LogP contribution in [0, 0.1) is 0 Å². The zero-order valence-electron chi connectivity index (χ0n) is 31.5. The number of nitrogens with one attached hydrogen (secondary N) is 1. The van der Waals surface area contributed by atoms with E-state index in [1.807, 2.05) is 22.7 Å². The number of rotatable bonds is 6. The van der Waals surface area contributed by atoms with Crippen molar-refractivity contribution in [3.05, 3.63) is 205 Å². The van der Waals surface area contributed by atoms with Crippen LogP contribution in [0.4, 0.5) is 0 Å². The van der Waals surface area contributed by atoms with Gasteiger partial charge in [-0.25, -0.2) is 0 Å². The van der Waals surface area contributed by atoms with Crippen molar-refractivity contribution in [1.82, 2.24) is 4.98 Å². The second-order valence-electron chi connectivity index (χ2n) is 15.4. The molecule has 0 radical (unpaired) electrons. The molecule has 0 spiro atoms. The number of H-pyrrole nitrogens is 1. The van der Waals surface area contributed by atoms with Gasteiger partial charge in [0, 0.05) is 36.8 Å². The lowest BCUT2D eigenvalue weighted by molar-refractivity contribution is 1.32. The number of allylic oxidation sites excluding steroid dienone is 1. The molecule has 12 rings (SSSR count). The summed E-state index contributed by atoms with van der Waals surface area (Å²) < 4.78 is 5.47. The summed E-state index contributed by atoms with van der Waals surface area (Å²) in [5, 5.41) is 3.93. The first kappa shape index (κ1) is 33.4. The van der Waals surface area contributed by atoms with Gasteiger partial charge in [0.25, 0.3) is 0 Å². The SMILES string of the molecule is C1=C(c2ccc(-c3ccc4c(c3)sc3c5ccc(-c6ccc(-c7cc8cc(-c9ccccc9)ccc8[nH]7)cc6)cc5sc43)cc2)Cc2ccc(-c3ccccc3)cc21. The van der Waals surface area contributed by atoms with Crippen LogP contribution in [-0.4, -0.2) is 4.98 Å². The summed E-state index contributed by atoms with van der Waals surface area (Å²) in [4.78, 5) is 3.63. The second kappa shape index (κ2) is 13.4. The van der Waals surface area contributed by atoms with Crippen molar-refractivity contribution in [2.75, 3.05) is 0 Å². The number of hydrogen-bond acceptors (Lipinski definition) is 2. The summed E-state index contributed by atoms with van der Waals surface area (Å²) in [7, 11) is 0. The molecular weight excluding hydrogens is 739 g/mol. The van der Waals surface area contributed by atoms with E-state index in [0.29, 0.717) is 0 Å². The van der Waals surface area contributed by atoms with Crippen LogP contribution in [0.5, 0.6) is 0 Å². The van der Waals surface area contributed by atoms with Crippen molar-refractivity contribution in [3.8, 4) is 55.8 Å². The van der Waals surface area contributed by atoms with E-state index in [2.05, 4.69) is 199 Å². The minimum atomic E-state index is 0.978. The Balaban J connectivity index is 0.783. The zero-order chi connectivity index (χ0) is 38.2. The summed E-state index contributed by atoms with van der Waals surface area (Å²) in [5.74, 6) is 0. The molecule has 8 aromatic carbocycles. The lowest BCUT2D eigenvalue weighted by Crippen LogP contribution is -1.87. The highest BCUT2D eigenvalue weighted by molar-refractivity contribution is 7.36. The Morgan fingerprint density at radius 3 is 1.48 bits per heavy atom. The standard InChI is InChI=1S/C55H35NS2/c1-3-7-34(8-4-1)40-19-20-42-28-45(30-46(42)27-40)38-13-11-36(12-14-38)43-21-24-48-52(32-43)57-55-49-25-22-44(33-53(49)58-54(48)55)37-15-17-39(18-16-37)51-31-47-29-41(23-26-50(47)56-51)35-9-5-2-6-10-35/h1-27,29-33,56H,28H2. The fourth-order valence-electron chi connectivity index (χ4n) is 8.76. The van der Waals surface area contributed by atoms with Crippen LogP contribution in [0.2, 0.25) is 0 Å². The van der Waals surface area contributed by atoms with Crippen LogP contribution in [-0.2, 0) is 6.42 Å². The molecule has 1 aliphatic carbocycles. The maximum absolute atomic E-state index is 3.63. The summed E-state index contributed by atoms with van der Waals surface area (Å²) in [5.41, 5.74) is 18.9. The number of hydrogen-bond donors (Lipinski definition) is 1. The van der Waals surface area contributed by atoms with E-state index >= 15 is 0 Å². The fourth-order valence-corrected chi connectivity index (χ4v) is 11.5. The molecule has 0 bridgehead atoms. The predicted molar refractivity (Wildman–Crippen MR) is 252 cm³/mol. The van der Waals surface area contributed by atoms with Gasteiger partial charge in [0.05, 0.1) is 9.40 Å². The number of aromatic nitrogens is 1. The van der Waals surface area contributed by atoms with E-state index in [-0.39, 0.29) is 0 Å². The molecule has 1 N–H and O–H groups in total. The molecule has 0 aliphatic heterocycles. The Morgan fingerprint density at radius 1 is 0.379 bits per heavy atom. The van der Waals surface area contributed by atoms with Crippen molar-refractivity contribution in [2.24, 2.45) is 0 Å². The first-order valence-corrected chi connectivity index (χ1v) is 21.5. The van der Waals surface area contributed by atoms with Gasteiger partial charge in [-0.1, -0.05) is 158 Å². The van der Waals surface area contributed by atoms with Gasteiger partial charge in [0.2, 0.25) is 0 Å². The Kier molecular flexibility index (Phi) is 7.72. The third-order valence-corrected chi connectivity index (χ3v) is 14.4. The number of aromatic amines is 1. The van der Waals surface area contributed by atoms with Crippen molar-refractivity contribution in [1.29, 1.82) is 0 Å². The average molecular weight is 774 g/mol. The Morgan fingerprint density at radius 2 is 0.862 bits per heavy atom. The van der Waals surface area contributed by atoms with E-state index in [1.54, 1.807) is 0 Å². The van der Waals surface area contributed by atoms with Crippen molar-refractivity contribution < 1.29 is 0 Å². The molecule has 11 aromatic rings. The van der Waals surface area contributed by atoms with E-state index in [0.717, 1.165) is 17.6 Å². The highest BCUT2D eigenvalue weighted by Crippen LogP contribution is 2.46. The first-order valence-electron chi connectivity index (χ1n) is 19.8. The summed E-state index contributed by atoms with van der Waals surface area (Å²) in [6.07, 6.45) is 3.35. The molecular formula is C55H35NS2. The molecule has 3 heteroatoms. The Bertz CT molecular complexity index is 3380. The number of benzene rings is 8. The first-order chi connectivity index (χ1) is 28.7. The van der Waals surface area contributed by atoms with Crippen molar-refractivity contribution in [2.45, 2.75) is 6.42 Å². The molecule has 0 saturated heterocycles. The Labute approximate surface area is 344 Å². The van der Waals surface area contributed by atoms with Crippen molar-refractivity contribution in [3.63, 3.8) is 0 Å². The third kappa shape index (κ3) is 5.74. The summed E-state index contributed by atoms with van der Waals surface area (Å²) >= 11 is 3.84. The van der Waals surface area contributed by atoms with Gasteiger partial charge in [-0.15, -0.1) is 22.7 Å². The fraction of sp³-hybridized carbons (Fsp3) is 0.0182. The van der Waals surface area contributed by atoms with E-state index in [9.17, 15) is 0 Å². The summed E-state index contributed by atoms with van der Waals surface area (Å²) in [6.45, 7) is 0. The van der Waals surface area contributed by atoms with Crippen LogP contribution in [0.1, 0.15) is 16.7 Å². The van der Waals surface area contributed by atoms with Gasteiger partial charge in [-0.3, -0.25) is 0 Å². The van der Waals surface area contributed by atoms with Gasteiger partial charge >= 0.3 is 0 Å². The normalized spacial score (nSPS) is 12.5. The largest absolute Gasteiger partial charge is 0.355 e. The molecule has 3 aromatic heterocycles. The quantitative estimate of drug-likeness (QED) is 0.173. The third-order valence-electron chi connectivity index (χ3n) is 11.9. The molecule has 1 nitrogen and oxygen atoms in total. The zero-order valence-corrected chi connectivity index (χ0v) is 33.1. The van der Waals surface area contributed by atoms with E-state index in [4.69, 9.17) is 0 Å². The highest BCUT2D eigenvalue weighted by atomic mass is 32.1. The molecule has 0 saturated carbocycles. The van der Waals surface area contributed by atoms with Crippen LogP contribution < -0.4 is 0 Å². The average Bonchev–Trinajstić information content (AvgIpc) is 4.08. The van der Waals surface area contributed by atoms with Gasteiger partial charge in [0.15, 0.2) is 0 Å². The van der Waals surface area contributed by atoms with Crippen LogP contribution >= 0.6 is 22.7 Å². The molecule has 0 fully saturated rings. The number of fused-ring (bicyclic) bond motifs is 7. The summed E-state index contributed by atoms with van der Waals surface area (Å²) in [6, 6.07) is 69.2. The van der Waals surface area contributed by atoms with Crippen LogP contribution in [0.3, 0.4) is 0 Å². The van der Waals surface area contributed by atoms with Crippen molar-refractivity contribution >= 4 is 74.8 Å². The van der Waals surface area contributed by atoms with Crippen LogP contribution in [0.25, 0.3) is 108 Å². The van der Waals surface area contributed by atoms with Crippen LogP contribution in [0.15, 0.2) is 188 Å². The maximum Gasteiger partial charge on any atom is 0.0542 e. The van der Waals surface area contributed by atoms with Gasteiger partial charge in [0.1, 0.15) is 0 Å². The lowest BCUT2D eigenvalue weighted by Gasteiger charge is -2.06. The molecule has 3 heterocycles. The molecule has 0 amide bonds.